The molecule has 4 aliphatic carbocycles. The van der Waals surface area contributed by atoms with Crippen molar-refractivity contribution in [2.75, 3.05) is 6.54 Å². The fourth-order valence-corrected chi connectivity index (χ4v) is 9.84. The van der Waals surface area contributed by atoms with E-state index in [0.717, 1.165) is 49.0 Å². The topological polar surface area (TPSA) is 41.5 Å². The summed E-state index contributed by atoms with van der Waals surface area (Å²) in [5.41, 5.74) is 2.33. The van der Waals surface area contributed by atoms with Crippen LogP contribution in [0.5, 0.6) is 0 Å². The number of aliphatic hydroxyl groups is 1. The molecule has 0 unspecified atom stereocenters. The monoisotopic (exact) mass is 413 g/mol. The SMILES string of the molecule is C[C@H]1CC[C@]2(NC1)O[C@H]1C[C@@H]3[C@@H]4CC=C5C[C@@H](O)CC[C@]5(C)[C@H]4CC[C@]3(C)[C@H]1[C@@H]2C. The van der Waals surface area contributed by atoms with Crippen LogP contribution >= 0.6 is 0 Å². The van der Waals surface area contributed by atoms with Gasteiger partial charge in [0.05, 0.1) is 12.2 Å². The van der Waals surface area contributed by atoms with Crippen LogP contribution in [-0.4, -0.2) is 29.6 Å². The van der Waals surface area contributed by atoms with Crippen molar-refractivity contribution >= 4 is 0 Å². The van der Waals surface area contributed by atoms with Gasteiger partial charge in [0.15, 0.2) is 0 Å². The molecule has 11 atom stereocenters. The molecule has 0 bridgehead atoms. The number of hydrogen-bond acceptors (Lipinski definition) is 3. The van der Waals surface area contributed by atoms with Gasteiger partial charge in [-0.3, -0.25) is 5.32 Å². The Labute approximate surface area is 183 Å². The molecule has 0 aromatic heterocycles. The van der Waals surface area contributed by atoms with E-state index in [1.54, 1.807) is 5.57 Å². The zero-order valence-electron chi connectivity index (χ0n) is 19.6. The minimum Gasteiger partial charge on any atom is -0.393 e. The number of allylic oxidation sites excluding steroid dienone is 1. The number of fused-ring (bicyclic) bond motifs is 7. The van der Waals surface area contributed by atoms with Gasteiger partial charge in [0.2, 0.25) is 0 Å². The molecule has 0 aromatic rings. The Morgan fingerprint density at radius 3 is 2.67 bits per heavy atom. The van der Waals surface area contributed by atoms with Crippen LogP contribution in [0.3, 0.4) is 0 Å². The van der Waals surface area contributed by atoms with E-state index < -0.39 is 0 Å². The Balaban J connectivity index is 1.28. The highest BCUT2D eigenvalue weighted by molar-refractivity contribution is 5.26. The zero-order valence-corrected chi connectivity index (χ0v) is 19.6. The van der Waals surface area contributed by atoms with Crippen LogP contribution < -0.4 is 5.32 Å². The quantitative estimate of drug-likeness (QED) is 0.530. The standard InChI is InChI=1S/C27H43NO2/c1-16-7-12-27(28-15-16)17(2)24-23(30-27)14-22-20-6-5-18-13-19(29)8-10-25(18,3)21(20)9-11-26(22,24)4/h5,16-17,19-24,28-29H,6-15H2,1-4H3/t16-,17-,19-,20+,21-,22+,23-,24-,25-,26-,27-/m0/s1. The Bertz CT molecular complexity index is 739. The Morgan fingerprint density at radius 1 is 1.07 bits per heavy atom. The fraction of sp³-hybridized carbons (Fsp3) is 0.926. The van der Waals surface area contributed by atoms with E-state index >= 15 is 0 Å². The van der Waals surface area contributed by atoms with Gasteiger partial charge >= 0.3 is 0 Å². The highest BCUT2D eigenvalue weighted by atomic mass is 16.5. The second kappa shape index (κ2) is 6.58. The van der Waals surface area contributed by atoms with Crippen LogP contribution in [0.25, 0.3) is 0 Å². The van der Waals surface area contributed by atoms with Gasteiger partial charge < -0.3 is 9.84 Å². The average Bonchev–Trinajstić information content (AvgIpc) is 3.16. The van der Waals surface area contributed by atoms with E-state index in [4.69, 9.17) is 4.74 Å². The molecule has 3 saturated carbocycles. The third-order valence-electron chi connectivity index (χ3n) is 11.6. The summed E-state index contributed by atoms with van der Waals surface area (Å²) >= 11 is 0. The summed E-state index contributed by atoms with van der Waals surface area (Å²) < 4.78 is 7.00. The van der Waals surface area contributed by atoms with Crippen LogP contribution in [-0.2, 0) is 4.74 Å². The maximum Gasteiger partial charge on any atom is 0.122 e. The normalized spacial score (nSPS) is 59.8. The van der Waals surface area contributed by atoms with Crippen LogP contribution in [0.4, 0.5) is 0 Å². The number of piperidine rings is 1. The first kappa shape index (κ1) is 20.2. The van der Waals surface area contributed by atoms with Crippen LogP contribution in [0.1, 0.15) is 85.5 Å². The van der Waals surface area contributed by atoms with Crippen LogP contribution in [0.2, 0.25) is 0 Å². The van der Waals surface area contributed by atoms with Gasteiger partial charge in [-0.15, -0.1) is 0 Å². The number of ether oxygens (including phenoxy) is 1. The summed E-state index contributed by atoms with van der Waals surface area (Å²) in [5, 5.41) is 14.1. The molecule has 0 aromatic carbocycles. The van der Waals surface area contributed by atoms with Gasteiger partial charge in [-0.2, -0.15) is 0 Å². The lowest BCUT2D eigenvalue weighted by molar-refractivity contribution is -0.115. The fourth-order valence-electron chi connectivity index (χ4n) is 9.84. The van der Waals surface area contributed by atoms with Crippen molar-refractivity contribution < 1.29 is 9.84 Å². The molecule has 2 aliphatic heterocycles. The highest BCUT2D eigenvalue weighted by Crippen LogP contribution is 2.70. The summed E-state index contributed by atoms with van der Waals surface area (Å²) in [5.74, 6) is 4.58. The van der Waals surface area contributed by atoms with Gasteiger partial charge in [-0.25, -0.2) is 0 Å². The summed E-state index contributed by atoms with van der Waals surface area (Å²) in [6, 6.07) is 0. The summed E-state index contributed by atoms with van der Waals surface area (Å²) in [6.45, 7) is 11.2. The van der Waals surface area contributed by atoms with Crippen molar-refractivity contribution in [2.24, 2.45) is 46.3 Å². The molecular weight excluding hydrogens is 370 g/mol. The lowest BCUT2D eigenvalue weighted by Crippen LogP contribution is -2.57. The van der Waals surface area contributed by atoms with Crippen molar-refractivity contribution in [3.05, 3.63) is 11.6 Å². The molecule has 3 heteroatoms. The second-order valence-electron chi connectivity index (χ2n) is 12.8. The zero-order chi connectivity index (χ0) is 20.9. The third kappa shape index (κ3) is 2.55. The highest BCUT2D eigenvalue weighted by Gasteiger charge is 2.68. The molecule has 1 spiro atoms. The first-order valence-electron chi connectivity index (χ1n) is 13.1. The predicted octanol–water partition coefficient (Wildman–Crippen LogP) is 5.29. The predicted molar refractivity (Wildman–Crippen MR) is 120 cm³/mol. The maximum absolute atomic E-state index is 10.3. The van der Waals surface area contributed by atoms with E-state index in [1.807, 2.05) is 0 Å². The minimum atomic E-state index is -0.100. The maximum atomic E-state index is 10.3. The lowest BCUT2D eigenvalue weighted by Gasteiger charge is -2.58. The van der Waals surface area contributed by atoms with Crippen LogP contribution in [0.15, 0.2) is 11.6 Å². The molecule has 3 nitrogen and oxygen atoms in total. The average molecular weight is 414 g/mol. The van der Waals surface area contributed by atoms with Gasteiger partial charge in [-0.05, 0) is 98.2 Å². The van der Waals surface area contributed by atoms with E-state index in [-0.39, 0.29) is 11.8 Å². The van der Waals surface area contributed by atoms with Gasteiger partial charge in [0, 0.05) is 12.5 Å². The van der Waals surface area contributed by atoms with Crippen molar-refractivity contribution in [1.29, 1.82) is 0 Å². The van der Waals surface area contributed by atoms with E-state index in [9.17, 15) is 5.11 Å². The third-order valence-corrected chi connectivity index (χ3v) is 11.6. The Morgan fingerprint density at radius 2 is 1.90 bits per heavy atom. The smallest absolute Gasteiger partial charge is 0.122 e. The Hall–Kier alpha value is -0.380. The molecule has 6 rings (SSSR count). The molecule has 2 saturated heterocycles. The molecule has 0 amide bonds. The second-order valence-corrected chi connectivity index (χ2v) is 12.8. The minimum absolute atomic E-state index is 0.0439. The number of rotatable bonds is 0. The lowest BCUT2D eigenvalue weighted by atomic mass is 9.47. The molecule has 168 valence electrons. The van der Waals surface area contributed by atoms with E-state index in [2.05, 4.69) is 39.1 Å². The van der Waals surface area contributed by atoms with Gasteiger partial charge in [0.25, 0.3) is 0 Å². The molecule has 30 heavy (non-hydrogen) atoms. The summed E-state index contributed by atoms with van der Waals surface area (Å²) in [6.07, 6.45) is 13.8. The molecule has 0 radical (unpaired) electrons. The van der Waals surface area contributed by atoms with Gasteiger partial charge in [0.1, 0.15) is 5.72 Å². The van der Waals surface area contributed by atoms with E-state index in [1.165, 1.54) is 44.9 Å². The van der Waals surface area contributed by atoms with Crippen molar-refractivity contribution in [3.63, 3.8) is 0 Å². The van der Waals surface area contributed by atoms with Gasteiger partial charge in [-0.1, -0.05) is 39.3 Å². The largest absolute Gasteiger partial charge is 0.393 e. The molecule has 5 fully saturated rings. The van der Waals surface area contributed by atoms with Crippen LogP contribution in [0, 0.1) is 46.3 Å². The number of nitrogens with one attached hydrogen (secondary N) is 1. The van der Waals surface area contributed by atoms with Crippen molar-refractivity contribution in [2.45, 2.75) is 103 Å². The Kier molecular flexibility index (Phi) is 4.44. The number of aliphatic hydroxyl groups excluding tert-OH is 1. The summed E-state index contributed by atoms with van der Waals surface area (Å²) in [4.78, 5) is 0. The van der Waals surface area contributed by atoms with Crippen molar-refractivity contribution in [1.82, 2.24) is 5.32 Å². The van der Waals surface area contributed by atoms with E-state index in [0.29, 0.717) is 22.9 Å². The molecule has 2 heterocycles. The molecular formula is C27H43NO2. The van der Waals surface area contributed by atoms with Crippen molar-refractivity contribution in [3.8, 4) is 0 Å². The number of hydrogen-bond donors (Lipinski definition) is 2. The molecule has 6 aliphatic rings. The first-order valence-corrected chi connectivity index (χ1v) is 13.1. The first-order chi connectivity index (χ1) is 14.3. The molecule has 2 N–H and O–H groups in total. The summed E-state index contributed by atoms with van der Waals surface area (Å²) in [7, 11) is 0.